The average Bonchev–Trinajstić information content (AvgIpc) is 2.89. The molecule has 0 radical (unpaired) electrons. The van der Waals surface area contributed by atoms with Crippen LogP contribution in [0, 0.1) is 19.8 Å². The molecular formula is C20H21ClN2O2. The van der Waals surface area contributed by atoms with Crippen LogP contribution in [-0.2, 0) is 6.42 Å². The van der Waals surface area contributed by atoms with Crippen molar-refractivity contribution in [2.24, 2.45) is 5.92 Å². The number of ketones is 1. The van der Waals surface area contributed by atoms with E-state index in [4.69, 9.17) is 0 Å². The molecule has 2 atom stereocenters. The number of aliphatic hydroxyl groups excluding tert-OH is 1. The number of aromatic nitrogens is 2. The van der Waals surface area contributed by atoms with Gasteiger partial charge in [-0.1, -0.05) is 12.1 Å². The van der Waals surface area contributed by atoms with Gasteiger partial charge in [-0.25, -0.2) is 0 Å². The molecule has 0 saturated heterocycles. The van der Waals surface area contributed by atoms with E-state index in [2.05, 4.69) is 11.9 Å². The molecule has 0 bridgehead atoms. The molecule has 0 amide bonds. The first-order valence-corrected chi connectivity index (χ1v) is 8.32. The number of Topliss-reactive ketones (excluding diaryl/α,β-unsaturated/α-hetero) is 1. The number of carbonyl (C=O) groups is 1. The summed E-state index contributed by atoms with van der Waals surface area (Å²) in [5.74, 6) is -0.389. The second-order valence-electron chi connectivity index (χ2n) is 6.54. The third-order valence-corrected chi connectivity index (χ3v) is 5.25. The Labute approximate surface area is 152 Å². The van der Waals surface area contributed by atoms with Gasteiger partial charge in [-0.05, 0) is 56.0 Å². The van der Waals surface area contributed by atoms with E-state index in [1.165, 1.54) is 5.56 Å². The van der Waals surface area contributed by atoms with Crippen molar-refractivity contribution < 1.29 is 9.90 Å². The summed E-state index contributed by atoms with van der Waals surface area (Å²) < 4.78 is 1.97. The summed E-state index contributed by atoms with van der Waals surface area (Å²) >= 11 is 0. The fourth-order valence-corrected chi connectivity index (χ4v) is 3.93. The van der Waals surface area contributed by atoms with E-state index >= 15 is 0 Å². The first-order valence-electron chi connectivity index (χ1n) is 8.32. The van der Waals surface area contributed by atoms with Crippen LogP contribution in [0.1, 0.15) is 45.4 Å². The molecule has 4 nitrogen and oxygen atoms in total. The quantitative estimate of drug-likeness (QED) is 0.758. The van der Waals surface area contributed by atoms with E-state index in [0.717, 1.165) is 34.5 Å². The van der Waals surface area contributed by atoms with E-state index < -0.39 is 12.0 Å². The average molecular weight is 357 g/mol. The van der Waals surface area contributed by atoms with Gasteiger partial charge < -0.3 is 9.51 Å². The van der Waals surface area contributed by atoms with Crippen LogP contribution in [0.15, 0.2) is 42.7 Å². The van der Waals surface area contributed by atoms with Gasteiger partial charge in [-0.15, -0.1) is 12.4 Å². The van der Waals surface area contributed by atoms with E-state index in [1.54, 1.807) is 12.3 Å². The Kier molecular flexibility index (Phi) is 4.67. The highest BCUT2D eigenvalue weighted by Crippen LogP contribution is 2.37. The van der Waals surface area contributed by atoms with Gasteiger partial charge in [0.2, 0.25) is 0 Å². The van der Waals surface area contributed by atoms with E-state index in [0.29, 0.717) is 6.42 Å². The molecular weight excluding hydrogens is 336 g/mol. The van der Waals surface area contributed by atoms with Gasteiger partial charge in [0, 0.05) is 29.2 Å². The number of hydrogen-bond acceptors (Lipinski definition) is 3. The van der Waals surface area contributed by atoms with E-state index in [9.17, 15) is 9.90 Å². The summed E-state index contributed by atoms with van der Waals surface area (Å²) in [6, 6.07) is 9.63. The Bertz CT molecular complexity index is 948. The fourth-order valence-electron chi connectivity index (χ4n) is 3.93. The Morgan fingerprint density at radius 3 is 2.80 bits per heavy atom. The SMILES string of the molecule is Cc1ncccc1C(O)C1CCc2c(C)c3ccccn3c2C1=O.Cl. The van der Waals surface area contributed by atoms with Gasteiger partial charge in [0.05, 0.1) is 17.7 Å². The second kappa shape index (κ2) is 6.62. The number of nitrogens with zero attached hydrogens (tertiary/aromatic N) is 2. The van der Waals surface area contributed by atoms with Gasteiger partial charge in [0.25, 0.3) is 0 Å². The number of hydrogen-bond donors (Lipinski definition) is 1. The van der Waals surface area contributed by atoms with Gasteiger partial charge in [-0.2, -0.15) is 0 Å². The Morgan fingerprint density at radius 1 is 1.24 bits per heavy atom. The Balaban J connectivity index is 0.00000182. The lowest BCUT2D eigenvalue weighted by molar-refractivity contribution is 0.0628. The van der Waals surface area contributed by atoms with E-state index in [1.807, 2.05) is 41.8 Å². The molecule has 1 aliphatic rings. The zero-order chi connectivity index (χ0) is 16.8. The minimum absolute atomic E-state index is 0. The second-order valence-corrected chi connectivity index (χ2v) is 6.54. The maximum Gasteiger partial charge on any atom is 0.185 e. The number of halogens is 1. The number of rotatable bonds is 2. The smallest absolute Gasteiger partial charge is 0.185 e. The van der Waals surface area contributed by atoms with Crippen LogP contribution in [0.25, 0.3) is 5.52 Å². The molecule has 4 rings (SSSR count). The molecule has 0 spiro atoms. The number of fused-ring (bicyclic) bond motifs is 3. The third kappa shape index (κ3) is 2.66. The van der Waals surface area contributed by atoms with Gasteiger partial charge in [-0.3, -0.25) is 9.78 Å². The molecule has 3 heterocycles. The molecule has 3 aromatic heterocycles. The van der Waals surface area contributed by atoms with Crippen LogP contribution in [0.2, 0.25) is 0 Å². The number of aliphatic hydroxyl groups is 1. The minimum atomic E-state index is -0.811. The molecule has 0 aromatic carbocycles. The molecule has 1 N–H and O–H groups in total. The topological polar surface area (TPSA) is 54.6 Å². The van der Waals surface area contributed by atoms with Crippen molar-refractivity contribution in [3.63, 3.8) is 0 Å². The molecule has 2 unspecified atom stereocenters. The van der Waals surface area contributed by atoms with Gasteiger partial charge in [0.1, 0.15) is 0 Å². The zero-order valence-corrected chi connectivity index (χ0v) is 15.1. The summed E-state index contributed by atoms with van der Waals surface area (Å²) in [4.78, 5) is 17.4. The Morgan fingerprint density at radius 2 is 2.04 bits per heavy atom. The molecule has 130 valence electrons. The molecule has 0 fully saturated rings. The summed E-state index contributed by atoms with van der Waals surface area (Å²) in [5, 5.41) is 10.8. The van der Waals surface area contributed by atoms with Crippen molar-refractivity contribution in [1.82, 2.24) is 9.38 Å². The van der Waals surface area contributed by atoms with Crippen LogP contribution in [0.3, 0.4) is 0 Å². The van der Waals surface area contributed by atoms with E-state index in [-0.39, 0.29) is 18.2 Å². The van der Waals surface area contributed by atoms with Crippen LogP contribution < -0.4 is 0 Å². The van der Waals surface area contributed by atoms with Crippen LogP contribution >= 0.6 is 12.4 Å². The van der Waals surface area contributed by atoms with Crippen LogP contribution in [-0.4, -0.2) is 20.3 Å². The zero-order valence-electron chi connectivity index (χ0n) is 14.3. The van der Waals surface area contributed by atoms with Gasteiger partial charge in [0.15, 0.2) is 5.78 Å². The monoisotopic (exact) mass is 356 g/mol. The molecule has 5 heteroatoms. The van der Waals surface area contributed by atoms with Crippen molar-refractivity contribution in [1.29, 1.82) is 0 Å². The summed E-state index contributed by atoms with van der Waals surface area (Å²) in [6.07, 6.45) is 4.31. The first-order chi connectivity index (χ1) is 11.6. The molecule has 0 saturated carbocycles. The van der Waals surface area contributed by atoms with Crippen LogP contribution in [0.4, 0.5) is 0 Å². The standard InChI is InChI=1S/C20H20N2O2.ClH/c1-12-14-8-9-16(19(23)15-6-5-10-21-13(15)2)20(24)18(14)22-11-4-3-7-17(12)22;/h3-7,10-11,16,19,23H,8-9H2,1-2H3;1H. The summed E-state index contributed by atoms with van der Waals surface area (Å²) in [5.41, 5.74) is 5.63. The normalized spacial score (nSPS) is 17.9. The van der Waals surface area contributed by atoms with Crippen molar-refractivity contribution in [2.45, 2.75) is 32.8 Å². The van der Waals surface area contributed by atoms with Crippen molar-refractivity contribution >= 4 is 23.7 Å². The first kappa shape index (κ1) is 17.6. The number of aryl methyl sites for hydroxylation is 2. The highest BCUT2D eigenvalue weighted by atomic mass is 35.5. The largest absolute Gasteiger partial charge is 0.388 e. The van der Waals surface area contributed by atoms with Gasteiger partial charge >= 0.3 is 0 Å². The molecule has 25 heavy (non-hydrogen) atoms. The van der Waals surface area contributed by atoms with Crippen molar-refractivity contribution in [2.75, 3.05) is 0 Å². The highest BCUT2D eigenvalue weighted by Gasteiger charge is 2.37. The highest BCUT2D eigenvalue weighted by molar-refractivity contribution is 6.01. The molecule has 0 aliphatic heterocycles. The maximum absolute atomic E-state index is 13.2. The lowest BCUT2D eigenvalue weighted by atomic mass is 9.80. The van der Waals surface area contributed by atoms with Crippen molar-refractivity contribution in [3.8, 4) is 0 Å². The molecule has 3 aromatic rings. The summed E-state index contributed by atoms with van der Waals surface area (Å²) in [7, 11) is 0. The predicted molar refractivity (Wildman–Crippen MR) is 99.5 cm³/mol. The minimum Gasteiger partial charge on any atom is -0.388 e. The predicted octanol–water partition coefficient (Wildman–Crippen LogP) is 3.85. The number of pyridine rings is 2. The summed E-state index contributed by atoms with van der Waals surface area (Å²) in [6.45, 7) is 3.94. The third-order valence-electron chi connectivity index (χ3n) is 5.25. The number of carbonyl (C=O) groups excluding carboxylic acids is 1. The maximum atomic E-state index is 13.2. The van der Waals surface area contributed by atoms with Crippen molar-refractivity contribution in [3.05, 3.63) is 70.8 Å². The Hall–Kier alpha value is -2.17. The molecule has 1 aliphatic carbocycles. The lowest BCUT2D eigenvalue weighted by Crippen LogP contribution is -2.29. The van der Waals surface area contributed by atoms with Crippen LogP contribution in [0.5, 0.6) is 0 Å². The lowest BCUT2D eigenvalue weighted by Gasteiger charge is -2.27. The fraction of sp³-hybridized carbons (Fsp3) is 0.300.